The van der Waals surface area contributed by atoms with Crippen molar-refractivity contribution in [2.75, 3.05) is 14.2 Å². The van der Waals surface area contributed by atoms with E-state index in [0.29, 0.717) is 27.1 Å². The fourth-order valence-corrected chi connectivity index (χ4v) is 2.56. The zero-order valence-electron chi connectivity index (χ0n) is 11.4. The van der Waals surface area contributed by atoms with Gasteiger partial charge in [0.05, 0.1) is 23.7 Å². The number of methoxy groups -OCH3 is 2. The van der Waals surface area contributed by atoms with Crippen molar-refractivity contribution >= 4 is 27.5 Å². The molecule has 1 N–H and O–H groups in total. The first kappa shape index (κ1) is 16.1. The van der Waals surface area contributed by atoms with Crippen molar-refractivity contribution in [3.63, 3.8) is 0 Å². The summed E-state index contributed by atoms with van der Waals surface area (Å²) in [5.74, 6) is 0.418. The molecule has 21 heavy (non-hydrogen) atoms. The molecule has 2 aromatic carbocycles. The fourth-order valence-electron chi connectivity index (χ4n) is 1.96. The summed E-state index contributed by atoms with van der Waals surface area (Å²) in [6.07, 6.45) is -1.06. The van der Waals surface area contributed by atoms with Crippen molar-refractivity contribution in [2.45, 2.75) is 6.10 Å². The van der Waals surface area contributed by atoms with Crippen molar-refractivity contribution in [3.05, 3.63) is 56.8 Å². The van der Waals surface area contributed by atoms with Crippen molar-refractivity contribution in [1.29, 1.82) is 0 Å². The molecule has 0 bridgehead atoms. The minimum atomic E-state index is -1.06. The Balaban J connectivity index is 2.50. The van der Waals surface area contributed by atoms with Gasteiger partial charge >= 0.3 is 0 Å². The molecule has 0 aliphatic heterocycles. The van der Waals surface area contributed by atoms with Crippen molar-refractivity contribution in [1.82, 2.24) is 0 Å². The number of aliphatic hydroxyl groups is 1. The predicted octanol–water partition coefficient (Wildman–Crippen LogP) is 4.34. The highest BCUT2D eigenvalue weighted by atomic mass is 79.9. The molecule has 0 fully saturated rings. The third-order valence-electron chi connectivity index (χ3n) is 3.06. The predicted molar refractivity (Wildman–Crippen MR) is 82.7 cm³/mol. The summed E-state index contributed by atoms with van der Waals surface area (Å²) in [4.78, 5) is 0. The van der Waals surface area contributed by atoms with E-state index >= 15 is 0 Å². The Kier molecular flexibility index (Phi) is 5.08. The molecular weight excluding hydrogens is 363 g/mol. The number of rotatable bonds is 4. The van der Waals surface area contributed by atoms with E-state index in [0.717, 1.165) is 0 Å². The molecule has 0 saturated heterocycles. The lowest BCUT2D eigenvalue weighted by Gasteiger charge is -2.17. The number of ether oxygens (including phenoxy) is 2. The summed E-state index contributed by atoms with van der Waals surface area (Å²) in [5.41, 5.74) is 0.846. The largest absolute Gasteiger partial charge is 0.496 e. The number of benzene rings is 2. The lowest BCUT2D eigenvalue weighted by Crippen LogP contribution is -2.04. The molecule has 0 aliphatic carbocycles. The Hall–Kier alpha value is -1.30. The first-order valence-corrected chi connectivity index (χ1v) is 7.19. The second kappa shape index (κ2) is 6.64. The molecule has 0 saturated carbocycles. The van der Waals surface area contributed by atoms with Gasteiger partial charge in [0.2, 0.25) is 0 Å². The van der Waals surface area contributed by atoms with Gasteiger partial charge in [-0.2, -0.15) is 0 Å². The van der Waals surface area contributed by atoms with Crippen LogP contribution in [0.4, 0.5) is 4.39 Å². The average Bonchev–Trinajstić information content (AvgIpc) is 2.49. The Bertz CT molecular complexity index is 664. The van der Waals surface area contributed by atoms with Gasteiger partial charge in [-0.05, 0) is 45.8 Å². The number of hydrogen-bond donors (Lipinski definition) is 1. The van der Waals surface area contributed by atoms with E-state index in [1.54, 1.807) is 18.2 Å². The first-order valence-electron chi connectivity index (χ1n) is 6.02. The molecule has 0 heterocycles. The Labute approximate surface area is 135 Å². The quantitative estimate of drug-likeness (QED) is 0.864. The molecule has 0 aromatic heterocycles. The normalized spacial score (nSPS) is 12.1. The SMILES string of the molecule is COc1cc(C(O)c2ccc(Cl)c(F)c2)c(OC)cc1Br. The zero-order valence-corrected chi connectivity index (χ0v) is 13.7. The lowest BCUT2D eigenvalue weighted by atomic mass is 10.00. The van der Waals surface area contributed by atoms with Crippen molar-refractivity contribution in [3.8, 4) is 11.5 Å². The van der Waals surface area contributed by atoms with Crippen LogP contribution in [0.3, 0.4) is 0 Å². The van der Waals surface area contributed by atoms with Crippen LogP contribution in [-0.2, 0) is 0 Å². The maximum absolute atomic E-state index is 13.5. The average molecular weight is 376 g/mol. The van der Waals surface area contributed by atoms with Gasteiger partial charge in [-0.3, -0.25) is 0 Å². The van der Waals surface area contributed by atoms with Crippen molar-refractivity contribution < 1.29 is 19.0 Å². The van der Waals surface area contributed by atoms with Crippen LogP contribution >= 0.6 is 27.5 Å². The number of hydrogen-bond acceptors (Lipinski definition) is 3. The molecule has 1 atom stereocenters. The summed E-state index contributed by atoms with van der Waals surface area (Å²) >= 11 is 9.00. The standard InChI is InChI=1S/C15H13BrClFO3/c1-20-13-7-10(16)14(21-2)6-9(13)15(19)8-3-4-11(17)12(18)5-8/h3-7,15,19H,1-2H3. The number of aliphatic hydroxyl groups excluding tert-OH is 1. The van der Waals surface area contributed by atoms with Gasteiger partial charge in [0.15, 0.2) is 0 Å². The van der Waals surface area contributed by atoms with E-state index in [1.165, 1.54) is 26.4 Å². The van der Waals surface area contributed by atoms with Crippen LogP contribution < -0.4 is 9.47 Å². The minimum Gasteiger partial charge on any atom is -0.496 e. The van der Waals surface area contributed by atoms with Gasteiger partial charge in [0, 0.05) is 5.56 Å². The van der Waals surface area contributed by atoms with Crippen LogP contribution in [0.2, 0.25) is 5.02 Å². The van der Waals surface area contributed by atoms with E-state index in [4.69, 9.17) is 21.1 Å². The molecule has 2 aromatic rings. The fraction of sp³-hybridized carbons (Fsp3) is 0.200. The highest BCUT2D eigenvalue weighted by Crippen LogP contribution is 2.38. The topological polar surface area (TPSA) is 38.7 Å². The second-order valence-corrected chi connectivity index (χ2v) is 5.57. The third kappa shape index (κ3) is 3.31. The Morgan fingerprint density at radius 1 is 1.14 bits per heavy atom. The third-order valence-corrected chi connectivity index (χ3v) is 3.98. The first-order chi connectivity index (χ1) is 9.97. The highest BCUT2D eigenvalue weighted by molar-refractivity contribution is 9.10. The van der Waals surface area contributed by atoms with Gasteiger partial charge in [-0.1, -0.05) is 17.7 Å². The number of halogens is 3. The van der Waals surface area contributed by atoms with Gasteiger partial charge < -0.3 is 14.6 Å². The van der Waals surface area contributed by atoms with E-state index < -0.39 is 11.9 Å². The summed E-state index contributed by atoms with van der Waals surface area (Å²) in [6, 6.07) is 7.48. The zero-order chi connectivity index (χ0) is 15.6. The summed E-state index contributed by atoms with van der Waals surface area (Å²) < 4.78 is 24.7. The molecule has 3 nitrogen and oxygen atoms in total. The van der Waals surface area contributed by atoms with E-state index in [9.17, 15) is 9.50 Å². The van der Waals surface area contributed by atoms with Crippen LogP contribution in [-0.4, -0.2) is 19.3 Å². The van der Waals surface area contributed by atoms with Gasteiger partial charge in [0.25, 0.3) is 0 Å². The molecule has 2 rings (SSSR count). The molecule has 1 unspecified atom stereocenters. The van der Waals surface area contributed by atoms with E-state index in [2.05, 4.69) is 15.9 Å². The van der Waals surface area contributed by atoms with Gasteiger partial charge in [-0.15, -0.1) is 0 Å². The van der Waals surface area contributed by atoms with Crippen LogP contribution in [0, 0.1) is 5.82 Å². The molecule has 6 heteroatoms. The molecule has 0 radical (unpaired) electrons. The summed E-state index contributed by atoms with van der Waals surface area (Å²) in [6.45, 7) is 0. The van der Waals surface area contributed by atoms with Crippen LogP contribution in [0.15, 0.2) is 34.8 Å². The van der Waals surface area contributed by atoms with Gasteiger partial charge in [0.1, 0.15) is 23.4 Å². The Morgan fingerprint density at radius 3 is 2.38 bits per heavy atom. The second-order valence-electron chi connectivity index (χ2n) is 4.30. The molecular formula is C15H13BrClFO3. The molecule has 112 valence electrons. The maximum atomic E-state index is 13.5. The van der Waals surface area contributed by atoms with E-state index in [-0.39, 0.29) is 5.02 Å². The molecule has 0 spiro atoms. The lowest BCUT2D eigenvalue weighted by molar-refractivity contribution is 0.213. The monoisotopic (exact) mass is 374 g/mol. The highest BCUT2D eigenvalue weighted by Gasteiger charge is 2.19. The van der Waals surface area contributed by atoms with Crippen LogP contribution in [0.25, 0.3) is 0 Å². The molecule has 0 aliphatic rings. The van der Waals surface area contributed by atoms with Crippen LogP contribution in [0.1, 0.15) is 17.2 Å². The Morgan fingerprint density at radius 2 is 1.81 bits per heavy atom. The minimum absolute atomic E-state index is 0.00583. The van der Waals surface area contributed by atoms with Crippen LogP contribution in [0.5, 0.6) is 11.5 Å². The summed E-state index contributed by atoms with van der Waals surface area (Å²) in [7, 11) is 3.01. The maximum Gasteiger partial charge on any atom is 0.142 e. The summed E-state index contributed by atoms with van der Waals surface area (Å²) in [5, 5.41) is 10.5. The van der Waals surface area contributed by atoms with Gasteiger partial charge in [-0.25, -0.2) is 4.39 Å². The van der Waals surface area contributed by atoms with E-state index in [1.807, 2.05) is 0 Å². The van der Waals surface area contributed by atoms with Crippen molar-refractivity contribution in [2.24, 2.45) is 0 Å². The smallest absolute Gasteiger partial charge is 0.142 e. The molecule has 0 amide bonds.